The molecule has 25 heavy (non-hydrogen) atoms. The number of amides is 2. The molecule has 1 heterocycles. The minimum absolute atomic E-state index is 0.0440. The van der Waals surface area contributed by atoms with Crippen LogP contribution in [-0.4, -0.2) is 29.1 Å². The van der Waals surface area contributed by atoms with Gasteiger partial charge in [0.25, 0.3) is 11.8 Å². The molecule has 0 unspecified atom stereocenters. The number of nitrogens with zero attached hydrogens (tertiary/aromatic N) is 1. The molecule has 2 aromatic rings. The van der Waals surface area contributed by atoms with Crippen molar-refractivity contribution in [3.8, 4) is 5.75 Å². The van der Waals surface area contributed by atoms with Crippen molar-refractivity contribution in [3.05, 3.63) is 53.3 Å². The lowest BCUT2D eigenvalue weighted by atomic mass is 10.2. The molecule has 0 spiro atoms. The van der Waals surface area contributed by atoms with Crippen LogP contribution in [0.5, 0.6) is 5.75 Å². The monoisotopic (exact) mass is 343 g/mol. The van der Waals surface area contributed by atoms with Crippen molar-refractivity contribution in [2.75, 3.05) is 12.0 Å². The van der Waals surface area contributed by atoms with E-state index < -0.39 is 0 Å². The van der Waals surface area contributed by atoms with Crippen LogP contribution in [0.25, 0.3) is 0 Å². The number of ether oxygens (including phenoxy) is 1. The Morgan fingerprint density at radius 3 is 2.24 bits per heavy atom. The van der Waals surface area contributed by atoms with E-state index in [0.717, 1.165) is 17.8 Å². The molecule has 0 aliphatic rings. The fraction of sp³-hybridized carbons (Fsp3) is 0.368. The molecule has 2 rings (SSSR count). The Morgan fingerprint density at radius 1 is 1.08 bits per heavy atom. The third kappa shape index (κ3) is 5.11. The first-order valence-electron chi connectivity index (χ1n) is 8.39. The van der Waals surface area contributed by atoms with Crippen molar-refractivity contribution in [3.63, 3.8) is 0 Å². The largest absolute Gasteiger partial charge is 0.484 e. The van der Waals surface area contributed by atoms with Gasteiger partial charge in [0.2, 0.25) is 0 Å². The molecule has 1 aromatic carbocycles. The van der Waals surface area contributed by atoms with E-state index in [4.69, 9.17) is 4.74 Å². The van der Waals surface area contributed by atoms with Crippen LogP contribution in [0.1, 0.15) is 42.0 Å². The molecule has 0 radical (unpaired) electrons. The van der Waals surface area contributed by atoms with Crippen LogP contribution < -0.4 is 15.5 Å². The van der Waals surface area contributed by atoms with Crippen LogP contribution in [0.15, 0.2) is 36.4 Å². The Balaban J connectivity index is 1.91. The van der Waals surface area contributed by atoms with Gasteiger partial charge in [0.05, 0.1) is 0 Å². The number of aromatic nitrogens is 1. The van der Waals surface area contributed by atoms with Crippen molar-refractivity contribution >= 4 is 11.8 Å². The van der Waals surface area contributed by atoms with E-state index in [-0.39, 0.29) is 24.5 Å². The van der Waals surface area contributed by atoms with Gasteiger partial charge in [-0.25, -0.2) is 0 Å². The summed E-state index contributed by atoms with van der Waals surface area (Å²) < 4.78 is 7.19. The first kappa shape index (κ1) is 18.6. The molecule has 6 nitrogen and oxygen atoms in total. The summed E-state index contributed by atoms with van der Waals surface area (Å²) >= 11 is 0. The highest BCUT2D eigenvalue weighted by Crippen LogP contribution is 2.13. The number of rotatable bonds is 7. The predicted molar refractivity (Wildman–Crippen MR) is 97.4 cm³/mol. The molecule has 0 saturated heterocycles. The van der Waals surface area contributed by atoms with Gasteiger partial charge in [-0.1, -0.05) is 6.92 Å². The number of benzene rings is 1. The molecule has 1 atom stereocenters. The van der Waals surface area contributed by atoms with E-state index in [9.17, 15) is 9.59 Å². The van der Waals surface area contributed by atoms with E-state index in [1.54, 1.807) is 28.9 Å². The molecule has 2 N–H and O–H groups in total. The standard InChI is InChI=1S/C19H25N3O3/c1-5-13(2)20-18(23)12-25-17-10-8-16(9-11-17)19(24)21-22-14(3)6-7-15(22)4/h6-11,13H,5,12H2,1-4H3,(H,20,23)(H,21,24)/t13-/m1/s1. The van der Waals surface area contributed by atoms with Gasteiger partial charge in [-0.15, -0.1) is 0 Å². The zero-order valence-corrected chi connectivity index (χ0v) is 15.1. The van der Waals surface area contributed by atoms with Crippen LogP contribution in [0, 0.1) is 13.8 Å². The quantitative estimate of drug-likeness (QED) is 0.812. The molecule has 0 saturated carbocycles. The van der Waals surface area contributed by atoms with Gasteiger partial charge >= 0.3 is 0 Å². The van der Waals surface area contributed by atoms with Gasteiger partial charge in [0.1, 0.15) is 5.75 Å². The minimum Gasteiger partial charge on any atom is -0.484 e. The van der Waals surface area contributed by atoms with Gasteiger partial charge < -0.3 is 10.1 Å². The third-order valence-electron chi connectivity index (χ3n) is 3.99. The molecular weight excluding hydrogens is 318 g/mol. The van der Waals surface area contributed by atoms with Crippen LogP contribution in [0.3, 0.4) is 0 Å². The molecule has 0 aliphatic carbocycles. The molecule has 1 aromatic heterocycles. The smallest absolute Gasteiger partial charge is 0.270 e. The topological polar surface area (TPSA) is 72.4 Å². The van der Waals surface area contributed by atoms with E-state index in [1.165, 1.54) is 0 Å². The lowest BCUT2D eigenvalue weighted by Gasteiger charge is -2.13. The Bertz CT molecular complexity index is 715. The second-order valence-corrected chi connectivity index (χ2v) is 6.08. The van der Waals surface area contributed by atoms with Crippen molar-refractivity contribution < 1.29 is 14.3 Å². The third-order valence-corrected chi connectivity index (χ3v) is 3.99. The number of aryl methyl sites for hydroxylation is 2. The lowest BCUT2D eigenvalue weighted by molar-refractivity contribution is -0.123. The molecule has 0 bridgehead atoms. The maximum atomic E-state index is 12.3. The van der Waals surface area contributed by atoms with Gasteiger partial charge in [-0.3, -0.25) is 19.7 Å². The van der Waals surface area contributed by atoms with Gasteiger partial charge in [0.15, 0.2) is 6.61 Å². The first-order chi connectivity index (χ1) is 11.9. The van der Waals surface area contributed by atoms with E-state index in [2.05, 4.69) is 10.7 Å². The molecule has 134 valence electrons. The zero-order valence-electron chi connectivity index (χ0n) is 15.1. The summed E-state index contributed by atoms with van der Waals surface area (Å²) in [7, 11) is 0. The molecular formula is C19H25N3O3. The fourth-order valence-corrected chi connectivity index (χ4v) is 2.28. The summed E-state index contributed by atoms with van der Waals surface area (Å²) in [5, 5.41) is 2.83. The van der Waals surface area contributed by atoms with Crippen LogP contribution in [-0.2, 0) is 4.79 Å². The first-order valence-corrected chi connectivity index (χ1v) is 8.39. The number of hydrogen-bond acceptors (Lipinski definition) is 3. The average Bonchev–Trinajstić information content (AvgIpc) is 2.92. The zero-order chi connectivity index (χ0) is 18.4. The van der Waals surface area contributed by atoms with Crippen LogP contribution in [0.4, 0.5) is 0 Å². The Kier molecular flexibility index (Phi) is 6.22. The van der Waals surface area contributed by atoms with Crippen molar-refractivity contribution in [2.45, 2.75) is 40.2 Å². The summed E-state index contributed by atoms with van der Waals surface area (Å²) in [6.45, 7) is 7.76. The predicted octanol–water partition coefficient (Wildman–Crippen LogP) is 2.78. The number of carbonyl (C=O) groups is 2. The van der Waals surface area contributed by atoms with Crippen LogP contribution in [0.2, 0.25) is 0 Å². The maximum absolute atomic E-state index is 12.3. The Labute approximate surface area is 148 Å². The second-order valence-electron chi connectivity index (χ2n) is 6.08. The maximum Gasteiger partial charge on any atom is 0.270 e. The molecule has 6 heteroatoms. The second kappa shape index (κ2) is 8.37. The van der Waals surface area contributed by atoms with E-state index >= 15 is 0 Å². The summed E-state index contributed by atoms with van der Waals surface area (Å²) in [5.41, 5.74) is 5.28. The average molecular weight is 343 g/mol. The van der Waals surface area contributed by atoms with Crippen molar-refractivity contribution in [2.24, 2.45) is 0 Å². The number of nitrogens with one attached hydrogen (secondary N) is 2. The number of hydrogen-bond donors (Lipinski definition) is 2. The lowest BCUT2D eigenvalue weighted by Crippen LogP contribution is -2.35. The van der Waals surface area contributed by atoms with E-state index in [0.29, 0.717) is 11.3 Å². The minimum atomic E-state index is -0.205. The SMILES string of the molecule is CC[C@@H](C)NC(=O)COc1ccc(C(=O)Nn2c(C)ccc2C)cc1. The highest BCUT2D eigenvalue weighted by atomic mass is 16.5. The van der Waals surface area contributed by atoms with Gasteiger partial charge in [-0.2, -0.15) is 0 Å². The Morgan fingerprint density at radius 2 is 1.68 bits per heavy atom. The molecule has 0 fully saturated rings. The highest BCUT2D eigenvalue weighted by molar-refractivity contribution is 6.00. The number of carbonyl (C=O) groups excluding carboxylic acids is 2. The fourth-order valence-electron chi connectivity index (χ4n) is 2.28. The molecule has 2 amide bonds. The van der Waals surface area contributed by atoms with Crippen LogP contribution >= 0.6 is 0 Å². The van der Waals surface area contributed by atoms with Crippen molar-refractivity contribution in [1.82, 2.24) is 9.99 Å². The van der Waals surface area contributed by atoms with Gasteiger partial charge in [0, 0.05) is 23.0 Å². The highest BCUT2D eigenvalue weighted by Gasteiger charge is 2.10. The Hall–Kier alpha value is -2.76. The summed E-state index contributed by atoms with van der Waals surface area (Å²) in [4.78, 5) is 24.0. The summed E-state index contributed by atoms with van der Waals surface area (Å²) in [5.74, 6) is 0.183. The van der Waals surface area contributed by atoms with E-state index in [1.807, 2.05) is 39.8 Å². The summed E-state index contributed by atoms with van der Waals surface area (Å²) in [6.07, 6.45) is 0.871. The van der Waals surface area contributed by atoms with Gasteiger partial charge in [-0.05, 0) is 63.6 Å². The summed E-state index contributed by atoms with van der Waals surface area (Å²) in [6, 6.07) is 10.7. The normalized spacial score (nSPS) is 11.7. The van der Waals surface area contributed by atoms with Crippen molar-refractivity contribution in [1.29, 1.82) is 0 Å². The molecule has 0 aliphatic heterocycles.